The second-order valence-corrected chi connectivity index (χ2v) is 6.30. The predicted molar refractivity (Wildman–Crippen MR) is 83.1 cm³/mol. The van der Waals surface area contributed by atoms with Gasteiger partial charge in [-0.05, 0) is 37.1 Å². The van der Waals surface area contributed by atoms with E-state index in [-0.39, 0.29) is 11.3 Å². The summed E-state index contributed by atoms with van der Waals surface area (Å²) in [6.45, 7) is 4.26. The Bertz CT molecular complexity index is 499. The van der Waals surface area contributed by atoms with Crippen LogP contribution >= 0.6 is 23.2 Å². The van der Waals surface area contributed by atoms with Crippen molar-refractivity contribution >= 4 is 29.1 Å². The van der Waals surface area contributed by atoms with E-state index in [4.69, 9.17) is 23.2 Å². The minimum atomic E-state index is -0.256. The van der Waals surface area contributed by atoms with Crippen LogP contribution in [0.15, 0.2) is 18.2 Å². The van der Waals surface area contributed by atoms with Crippen LogP contribution < -0.4 is 5.32 Å². The molecule has 1 amide bonds. The Balaban J connectivity index is 2.11. The van der Waals surface area contributed by atoms with Crippen LogP contribution in [0.3, 0.4) is 0 Å². The average Bonchev–Trinajstić information content (AvgIpc) is 2.91. The number of hydrogen-bond acceptors (Lipinski definition) is 2. The van der Waals surface area contributed by atoms with Crippen LogP contribution in [-0.4, -0.2) is 30.9 Å². The molecule has 110 valence electrons. The van der Waals surface area contributed by atoms with Crippen molar-refractivity contribution in [1.29, 1.82) is 0 Å². The minimum Gasteiger partial charge on any atom is -0.341 e. The number of carbonyl (C=O) groups is 1. The normalized spacial score (nSPS) is 22.0. The highest BCUT2D eigenvalue weighted by Crippen LogP contribution is 2.32. The zero-order valence-electron chi connectivity index (χ0n) is 11.9. The zero-order chi connectivity index (χ0) is 14.8. The van der Waals surface area contributed by atoms with Gasteiger partial charge in [0.05, 0.1) is 5.41 Å². The van der Waals surface area contributed by atoms with E-state index >= 15 is 0 Å². The Hall–Kier alpha value is -0.770. The van der Waals surface area contributed by atoms with E-state index in [1.54, 1.807) is 17.0 Å². The summed E-state index contributed by atoms with van der Waals surface area (Å²) in [6, 6.07) is 5.39. The Morgan fingerprint density at radius 1 is 1.45 bits per heavy atom. The van der Waals surface area contributed by atoms with Gasteiger partial charge in [0.25, 0.3) is 0 Å². The number of nitrogens with one attached hydrogen (secondary N) is 1. The van der Waals surface area contributed by atoms with E-state index in [1.807, 2.05) is 13.1 Å². The van der Waals surface area contributed by atoms with Crippen molar-refractivity contribution in [3.05, 3.63) is 33.8 Å². The molecule has 1 unspecified atom stereocenters. The number of hydrogen-bond donors (Lipinski definition) is 1. The van der Waals surface area contributed by atoms with Crippen molar-refractivity contribution in [3.8, 4) is 0 Å². The van der Waals surface area contributed by atoms with Gasteiger partial charge < -0.3 is 10.2 Å². The second-order valence-electron chi connectivity index (χ2n) is 5.46. The fraction of sp³-hybridized carbons (Fsp3) is 0.533. The fourth-order valence-electron chi connectivity index (χ4n) is 2.76. The van der Waals surface area contributed by atoms with Gasteiger partial charge in [-0.2, -0.15) is 0 Å². The Labute approximate surface area is 130 Å². The first-order valence-electron chi connectivity index (χ1n) is 6.89. The molecule has 1 aromatic carbocycles. The summed E-state index contributed by atoms with van der Waals surface area (Å²) in [7, 11) is 1.84. The van der Waals surface area contributed by atoms with Gasteiger partial charge in [-0.25, -0.2) is 0 Å². The molecule has 2 rings (SSSR count). The van der Waals surface area contributed by atoms with Crippen LogP contribution in [0.1, 0.15) is 25.3 Å². The lowest BCUT2D eigenvalue weighted by molar-refractivity contribution is -0.140. The molecule has 0 radical (unpaired) electrons. The number of rotatable bonds is 4. The first-order chi connectivity index (χ1) is 9.48. The highest BCUT2D eigenvalue weighted by molar-refractivity contribution is 6.35. The van der Waals surface area contributed by atoms with E-state index in [0.717, 1.165) is 31.5 Å². The average molecular weight is 315 g/mol. The van der Waals surface area contributed by atoms with Crippen LogP contribution in [0.5, 0.6) is 0 Å². The molecule has 1 heterocycles. The van der Waals surface area contributed by atoms with Crippen LogP contribution in [0.2, 0.25) is 10.0 Å². The summed E-state index contributed by atoms with van der Waals surface area (Å²) < 4.78 is 0. The van der Waals surface area contributed by atoms with E-state index in [2.05, 4.69) is 12.2 Å². The Morgan fingerprint density at radius 2 is 2.20 bits per heavy atom. The molecule has 1 aliphatic heterocycles. The van der Waals surface area contributed by atoms with Crippen molar-refractivity contribution in [2.24, 2.45) is 5.41 Å². The maximum Gasteiger partial charge on any atom is 0.230 e. The maximum absolute atomic E-state index is 12.7. The smallest absolute Gasteiger partial charge is 0.230 e. The lowest BCUT2D eigenvalue weighted by Gasteiger charge is -2.31. The number of benzene rings is 1. The van der Waals surface area contributed by atoms with Crippen molar-refractivity contribution in [1.82, 2.24) is 10.2 Å². The summed E-state index contributed by atoms with van der Waals surface area (Å²) in [5, 5.41) is 4.50. The summed E-state index contributed by atoms with van der Waals surface area (Å²) in [6.07, 6.45) is 1.76. The Kier molecular flexibility index (Phi) is 4.95. The summed E-state index contributed by atoms with van der Waals surface area (Å²) in [5.41, 5.74) is 0.664. The van der Waals surface area contributed by atoms with E-state index in [0.29, 0.717) is 16.6 Å². The third-order valence-electron chi connectivity index (χ3n) is 4.14. The molecular weight excluding hydrogens is 295 g/mol. The monoisotopic (exact) mass is 314 g/mol. The molecule has 1 aromatic rings. The molecule has 1 saturated heterocycles. The van der Waals surface area contributed by atoms with Gasteiger partial charge in [0.15, 0.2) is 0 Å². The summed E-state index contributed by atoms with van der Waals surface area (Å²) in [4.78, 5) is 14.5. The van der Waals surface area contributed by atoms with Gasteiger partial charge in [0.2, 0.25) is 5.91 Å². The predicted octanol–water partition coefficient (Wildman–Crippen LogP) is 3.34. The first-order valence-corrected chi connectivity index (χ1v) is 7.64. The number of halogens is 2. The Morgan fingerprint density at radius 3 is 2.75 bits per heavy atom. The van der Waals surface area contributed by atoms with Crippen molar-refractivity contribution in [2.45, 2.75) is 26.3 Å². The molecular formula is C15H20Cl2N2O. The molecule has 1 aliphatic rings. The molecule has 1 N–H and O–H groups in total. The standard InChI is InChI=1S/C15H20Cl2N2O/c1-3-15(6-7-18-10-15)14(20)19(2)9-11-4-5-12(16)8-13(11)17/h4-5,8,18H,3,6-7,9-10H2,1-2H3. The third-order valence-corrected chi connectivity index (χ3v) is 4.73. The zero-order valence-corrected chi connectivity index (χ0v) is 13.4. The quantitative estimate of drug-likeness (QED) is 0.924. The highest BCUT2D eigenvalue weighted by atomic mass is 35.5. The van der Waals surface area contributed by atoms with Crippen LogP contribution in [0, 0.1) is 5.41 Å². The summed E-state index contributed by atoms with van der Waals surface area (Å²) >= 11 is 12.1. The molecule has 1 fully saturated rings. The van der Waals surface area contributed by atoms with Crippen LogP contribution in [0.4, 0.5) is 0 Å². The SMILES string of the molecule is CCC1(C(=O)N(C)Cc2ccc(Cl)cc2Cl)CCNC1. The third kappa shape index (κ3) is 3.11. The van der Waals surface area contributed by atoms with Gasteiger partial charge in [-0.15, -0.1) is 0 Å². The van der Waals surface area contributed by atoms with E-state index < -0.39 is 0 Å². The molecule has 1 atom stereocenters. The van der Waals surface area contributed by atoms with Gasteiger partial charge >= 0.3 is 0 Å². The lowest BCUT2D eigenvalue weighted by Crippen LogP contribution is -2.42. The second kappa shape index (κ2) is 6.33. The molecule has 0 saturated carbocycles. The fourth-order valence-corrected chi connectivity index (χ4v) is 3.23. The van der Waals surface area contributed by atoms with E-state index in [1.165, 1.54) is 0 Å². The van der Waals surface area contributed by atoms with Crippen LogP contribution in [-0.2, 0) is 11.3 Å². The first kappa shape index (κ1) is 15.6. The van der Waals surface area contributed by atoms with Gasteiger partial charge in [0, 0.05) is 30.2 Å². The molecule has 0 spiro atoms. The van der Waals surface area contributed by atoms with Crippen molar-refractivity contribution < 1.29 is 4.79 Å². The number of nitrogens with zero attached hydrogens (tertiary/aromatic N) is 1. The van der Waals surface area contributed by atoms with Crippen molar-refractivity contribution in [2.75, 3.05) is 20.1 Å². The molecule has 0 aromatic heterocycles. The minimum absolute atomic E-state index is 0.191. The highest BCUT2D eigenvalue weighted by Gasteiger charge is 2.41. The maximum atomic E-state index is 12.7. The lowest BCUT2D eigenvalue weighted by atomic mass is 9.83. The number of amides is 1. The molecule has 0 bridgehead atoms. The molecule has 20 heavy (non-hydrogen) atoms. The number of carbonyl (C=O) groups excluding carboxylic acids is 1. The van der Waals surface area contributed by atoms with Gasteiger partial charge in [-0.1, -0.05) is 36.2 Å². The van der Waals surface area contributed by atoms with Crippen molar-refractivity contribution in [3.63, 3.8) is 0 Å². The largest absolute Gasteiger partial charge is 0.341 e. The molecule has 3 nitrogen and oxygen atoms in total. The van der Waals surface area contributed by atoms with E-state index in [9.17, 15) is 4.79 Å². The van der Waals surface area contributed by atoms with Crippen LogP contribution in [0.25, 0.3) is 0 Å². The topological polar surface area (TPSA) is 32.3 Å². The summed E-state index contributed by atoms with van der Waals surface area (Å²) in [5.74, 6) is 0.191. The van der Waals surface area contributed by atoms with Gasteiger partial charge in [0.1, 0.15) is 0 Å². The molecule has 0 aliphatic carbocycles. The molecule has 5 heteroatoms. The van der Waals surface area contributed by atoms with Gasteiger partial charge in [-0.3, -0.25) is 4.79 Å².